The summed E-state index contributed by atoms with van der Waals surface area (Å²) in [4.78, 5) is 12.0. The van der Waals surface area contributed by atoms with Crippen molar-refractivity contribution in [3.05, 3.63) is 194 Å². The van der Waals surface area contributed by atoms with E-state index in [1.165, 1.54) is 44.2 Å². The summed E-state index contributed by atoms with van der Waals surface area (Å²) in [5.41, 5.74) is 18.2. The molecule has 246 valence electrons. The highest BCUT2D eigenvalue weighted by molar-refractivity contribution is 7.12. The standard InChI is InChI=1S/C47H32B2N4/c1-4-16-33(17-5-1)48-37-22-10-11-23-38(37)49-39-24-12-13-25-41(39)52(36-28-30-50-31-29-36)47-45(49)40(48)32-44-46(47)53(35-20-8-3-9-21-35)43-27-15-14-26-42(43)51(44)34-18-6-2-7-19-34/h1-32H. The number of pyridine rings is 1. The molecule has 0 spiro atoms. The van der Waals surface area contributed by atoms with E-state index in [1.807, 2.05) is 12.4 Å². The SMILES string of the molecule is c1ccc(B2c3ccccc3B3c4ccccc4N(c4ccncc4)c4c3c2cc2c4N(c3ccccc3)c3ccccc3N2c2ccccc2)cc1. The predicted octanol–water partition coefficient (Wildman–Crippen LogP) is 7.46. The fraction of sp³-hybridized carbons (Fsp3) is 0. The molecular weight excluding hydrogens is 642 g/mol. The lowest BCUT2D eigenvalue weighted by atomic mass is 9.20. The van der Waals surface area contributed by atoms with Crippen LogP contribution < -0.4 is 47.5 Å². The molecule has 4 nitrogen and oxygen atoms in total. The lowest BCUT2D eigenvalue weighted by Gasteiger charge is -2.48. The molecule has 0 aliphatic carbocycles. The number of benzene rings is 7. The molecule has 11 rings (SSSR count). The number of hydrogen-bond donors (Lipinski definition) is 0. The lowest BCUT2D eigenvalue weighted by Crippen LogP contribution is -2.76. The molecule has 0 bridgehead atoms. The number of aromatic nitrogens is 1. The Labute approximate surface area is 310 Å². The summed E-state index contributed by atoms with van der Waals surface area (Å²) in [6, 6.07) is 66.6. The van der Waals surface area contributed by atoms with Gasteiger partial charge in [-0.2, -0.15) is 0 Å². The normalized spacial score (nSPS) is 13.5. The van der Waals surface area contributed by atoms with Crippen molar-refractivity contribution in [2.24, 2.45) is 0 Å². The van der Waals surface area contributed by atoms with Crippen LogP contribution in [0, 0.1) is 0 Å². The summed E-state index contributed by atoms with van der Waals surface area (Å²) in [7, 11) is 0. The summed E-state index contributed by atoms with van der Waals surface area (Å²) in [5.74, 6) is 0. The third-order valence-corrected chi connectivity index (χ3v) is 11.2. The molecule has 53 heavy (non-hydrogen) atoms. The Morgan fingerprint density at radius 3 is 1.47 bits per heavy atom. The summed E-state index contributed by atoms with van der Waals surface area (Å²) in [6.07, 6.45) is 3.82. The second kappa shape index (κ2) is 11.9. The van der Waals surface area contributed by atoms with Crippen LogP contribution in [-0.2, 0) is 0 Å². The predicted molar refractivity (Wildman–Crippen MR) is 224 cm³/mol. The summed E-state index contributed by atoms with van der Waals surface area (Å²) < 4.78 is 0. The molecule has 0 unspecified atom stereocenters. The Hall–Kier alpha value is -6.78. The summed E-state index contributed by atoms with van der Waals surface area (Å²) in [6.45, 7) is 0.0722. The molecule has 0 saturated heterocycles. The maximum Gasteiger partial charge on any atom is 0.245 e. The van der Waals surface area contributed by atoms with E-state index in [4.69, 9.17) is 0 Å². The quantitative estimate of drug-likeness (QED) is 0.181. The molecule has 3 aliphatic rings. The van der Waals surface area contributed by atoms with Gasteiger partial charge in [-0.25, -0.2) is 0 Å². The van der Waals surface area contributed by atoms with Gasteiger partial charge in [-0.3, -0.25) is 4.98 Å². The maximum absolute atomic E-state index is 4.48. The topological polar surface area (TPSA) is 22.6 Å². The third-order valence-electron chi connectivity index (χ3n) is 11.2. The van der Waals surface area contributed by atoms with Crippen molar-refractivity contribution >= 4 is 97.4 Å². The highest BCUT2D eigenvalue weighted by Gasteiger charge is 2.48. The average Bonchev–Trinajstić information content (AvgIpc) is 3.24. The van der Waals surface area contributed by atoms with Crippen molar-refractivity contribution in [3.8, 4) is 0 Å². The molecule has 1 aromatic heterocycles. The molecule has 0 amide bonds. The molecule has 0 radical (unpaired) electrons. The zero-order valence-electron chi connectivity index (χ0n) is 28.9. The van der Waals surface area contributed by atoms with Gasteiger partial charge in [0.05, 0.1) is 28.4 Å². The Morgan fingerprint density at radius 1 is 0.340 bits per heavy atom. The number of nitrogens with zero attached hydrogens (tertiary/aromatic N) is 4. The zero-order chi connectivity index (χ0) is 34.9. The molecule has 0 saturated carbocycles. The second-order valence-corrected chi connectivity index (χ2v) is 13.9. The molecule has 0 N–H and O–H groups in total. The van der Waals surface area contributed by atoms with Gasteiger partial charge in [0, 0.05) is 35.1 Å². The van der Waals surface area contributed by atoms with Crippen molar-refractivity contribution < 1.29 is 0 Å². The molecule has 4 heterocycles. The molecule has 3 aliphatic heterocycles. The van der Waals surface area contributed by atoms with Crippen LogP contribution in [0.4, 0.5) is 51.2 Å². The number of fused-ring (bicyclic) bond motifs is 7. The van der Waals surface area contributed by atoms with Gasteiger partial charge in [0.2, 0.25) is 13.4 Å². The van der Waals surface area contributed by atoms with Gasteiger partial charge in [-0.15, -0.1) is 0 Å². The van der Waals surface area contributed by atoms with Crippen molar-refractivity contribution in [2.45, 2.75) is 0 Å². The fourth-order valence-corrected chi connectivity index (χ4v) is 9.14. The van der Waals surface area contributed by atoms with Crippen molar-refractivity contribution in [1.82, 2.24) is 4.98 Å². The minimum absolute atomic E-state index is 0.0345. The Morgan fingerprint density at radius 2 is 0.811 bits per heavy atom. The Kier molecular flexibility index (Phi) is 6.71. The smallest absolute Gasteiger partial charge is 0.245 e. The monoisotopic (exact) mass is 674 g/mol. The number of hydrogen-bond acceptors (Lipinski definition) is 4. The van der Waals surface area contributed by atoms with Crippen LogP contribution in [0.1, 0.15) is 0 Å². The minimum Gasteiger partial charge on any atom is -0.309 e. The zero-order valence-corrected chi connectivity index (χ0v) is 28.9. The van der Waals surface area contributed by atoms with E-state index in [-0.39, 0.29) is 13.4 Å². The molecule has 7 aromatic carbocycles. The van der Waals surface area contributed by atoms with Crippen LogP contribution in [-0.4, -0.2) is 18.4 Å². The van der Waals surface area contributed by atoms with E-state index >= 15 is 0 Å². The first kappa shape index (κ1) is 29.9. The highest BCUT2D eigenvalue weighted by atomic mass is 15.3. The number of rotatable bonds is 4. The first-order chi connectivity index (χ1) is 26.4. The van der Waals surface area contributed by atoms with E-state index in [9.17, 15) is 0 Å². The molecular formula is C47H32B2N4. The summed E-state index contributed by atoms with van der Waals surface area (Å²) in [5, 5.41) is 0. The van der Waals surface area contributed by atoms with Crippen molar-refractivity contribution in [3.63, 3.8) is 0 Å². The first-order valence-electron chi connectivity index (χ1n) is 18.3. The van der Waals surface area contributed by atoms with Gasteiger partial charge < -0.3 is 14.7 Å². The molecule has 6 heteroatoms. The van der Waals surface area contributed by atoms with Gasteiger partial charge in [0.1, 0.15) is 0 Å². The van der Waals surface area contributed by atoms with Gasteiger partial charge in [0.25, 0.3) is 0 Å². The van der Waals surface area contributed by atoms with E-state index in [1.54, 1.807) is 0 Å². The van der Waals surface area contributed by atoms with Gasteiger partial charge >= 0.3 is 0 Å². The van der Waals surface area contributed by atoms with Crippen LogP contribution in [0.5, 0.6) is 0 Å². The van der Waals surface area contributed by atoms with E-state index in [0.717, 1.165) is 39.8 Å². The van der Waals surface area contributed by atoms with Crippen molar-refractivity contribution in [1.29, 1.82) is 0 Å². The average molecular weight is 674 g/mol. The second-order valence-electron chi connectivity index (χ2n) is 13.9. The van der Waals surface area contributed by atoms with Gasteiger partial charge in [-0.05, 0) is 71.6 Å². The van der Waals surface area contributed by atoms with E-state index < -0.39 is 0 Å². The van der Waals surface area contributed by atoms with Crippen LogP contribution >= 0.6 is 0 Å². The summed E-state index contributed by atoms with van der Waals surface area (Å²) >= 11 is 0. The van der Waals surface area contributed by atoms with E-state index in [0.29, 0.717) is 0 Å². The lowest BCUT2D eigenvalue weighted by molar-refractivity contribution is 1.15. The van der Waals surface area contributed by atoms with Crippen molar-refractivity contribution in [2.75, 3.05) is 14.7 Å². The molecule has 0 atom stereocenters. The van der Waals surface area contributed by atoms with Gasteiger partial charge in [-0.1, -0.05) is 143 Å². The molecule has 0 fully saturated rings. The highest BCUT2D eigenvalue weighted by Crippen LogP contribution is 2.58. The minimum atomic E-state index is 0.0345. The number of anilines is 9. The van der Waals surface area contributed by atoms with Gasteiger partial charge in [0.15, 0.2) is 0 Å². The largest absolute Gasteiger partial charge is 0.309 e. The van der Waals surface area contributed by atoms with Crippen LogP contribution in [0.2, 0.25) is 0 Å². The van der Waals surface area contributed by atoms with Crippen LogP contribution in [0.25, 0.3) is 0 Å². The van der Waals surface area contributed by atoms with Crippen LogP contribution in [0.15, 0.2) is 194 Å². The first-order valence-corrected chi connectivity index (χ1v) is 18.3. The third kappa shape index (κ3) is 4.42. The van der Waals surface area contributed by atoms with Crippen LogP contribution in [0.3, 0.4) is 0 Å². The van der Waals surface area contributed by atoms with E-state index in [2.05, 4.69) is 202 Å². The molecule has 8 aromatic rings. The Balaban J connectivity index is 1.36. The Bertz CT molecular complexity index is 2640. The fourth-order valence-electron chi connectivity index (χ4n) is 9.14. The maximum atomic E-state index is 4.48. The number of para-hydroxylation sites is 5.